The van der Waals surface area contributed by atoms with E-state index >= 15 is 0 Å². The molecule has 0 aliphatic carbocycles. The number of hydrogen-bond donors (Lipinski definition) is 3. The van der Waals surface area contributed by atoms with Crippen LogP contribution in [-0.4, -0.2) is 58.9 Å². The van der Waals surface area contributed by atoms with Crippen molar-refractivity contribution in [2.45, 2.75) is 31.7 Å². The van der Waals surface area contributed by atoms with Crippen LogP contribution in [0.1, 0.15) is 35.0 Å². The fourth-order valence-corrected chi connectivity index (χ4v) is 4.37. The molecule has 4 rings (SSSR count). The van der Waals surface area contributed by atoms with Crippen LogP contribution in [0.5, 0.6) is 0 Å². The fraction of sp³-hybridized carbons (Fsp3) is 0.346. The van der Waals surface area contributed by atoms with Gasteiger partial charge in [-0.05, 0) is 18.1 Å². The first-order valence-electron chi connectivity index (χ1n) is 11.5. The van der Waals surface area contributed by atoms with Gasteiger partial charge in [0.1, 0.15) is 5.82 Å². The molecule has 0 bridgehead atoms. The number of aromatic amines is 1. The predicted molar refractivity (Wildman–Crippen MR) is 128 cm³/mol. The number of benzene rings is 2. The molecule has 1 aliphatic heterocycles. The van der Waals surface area contributed by atoms with E-state index in [1.165, 1.54) is 11.1 Å². The average Bonchev–Trinajstić information content (AvgIpc) is 3.25. The Morgan fingerprint density at radius 3 is 2.39 bits per heavy atom. The molecule has 7 heteroatoms. The van der Waals surface area contributed by atoms with E-state index in [0.717, 1.165) is 11.5 Å². The Hall–Kier alpha value is -3.45. The molecule has 0 spiro atoms. The summed E-state index contributed by atoms with van der Waals surface area (Å²) in [6.45, 7) is 4.40. The number of imidazole rings is 1. The van der Waals surface area contributed by atoms with Crippen molar-refractivity contribution >= 4 is 11.8 Å². The zero-order chi connectivity index (χ0) is 23.0. The second-order valence-electron chi connectivity index (χ2n) is 8.49. The van der Waals surface area contributed by atoms with Gasteiger partial charge in [0.05, 0.1) is 12.5 Å². The maximum atomic E-state index is 12.7. The van der Waals surface area contributed by atoms with Crippen LogP contribution >= 0.6 is 0 Å². The van der Waals surface area contributed by atoms with Gasteiger partial charge in [-0.3, -0.25) is 14.5 Å². The number of hydrogen-bond acceptors (Lipinski definition) is 4. The number of piperazine rings is 1. The van der Waals surface area contributed by atoms with Gasteiger partial charge in [0.15, 0.2) is 0 Å². The molecule has 2 aromatic carbocycles. The Balaban J connectivity index is 1.43. The van der Waals surface area contributed by atoms with Crippen molar-refractivity contribution in [1.29, 1.82) is 0 Å². The highest BCUT2D eigenvalue weighted by Crippen LogP contribution is 2.27. The number of nitrogens with zero attached hydrogens (tertiary/aromatic N) is 2. The second-order valence-corrected chi connectivity index (χ2v) is 8.49. The maximum absolute atomic E-state index is 12.7. The molecule has 3 N–H and O–H groups in total. The smallest absolute Gasteiger partial charge is 0.237 e. The minimum atomic E-state index is -0.487. The summed E-state index contributed by atoms with van der Waals surface area (Å²) in [6, 6.07) is 20.2. The summed E-state index contributed by atoms with van der Waals surface area (Å²) in [5.74, 6) is 0.753. The number of nitrogens with one attached hydrogen (secondary N) is 3. The SMILES string of the molecule is Cc1cnc(CCNC(=O)CC2C(=O)NCCN2CC(c2ccccc2)c2ccccc2)[nH]1. The molecule has 2 amide bonds. The number of aryl methyl sites for hydroxylation is 1. The Bertz CT molecular complexity index is 1010. The van der Waals surface area contributed by atoms with Crippen LogP contribution in [0.15, 0.2) is 66.9 Å². The Labute approximate surface area is 194 Å². The first-order chi connectivity index (χ1) is 16.1. The van der Waals surface area contributed by atoms with E-state index in [2.05, 4.69) is 49.8 Å². The molecule has 1 fully saturated rings. The number of H-pyrrole nitrogens is 1. The van der Waals surface area contributed by atoms with E-state index < -0.39 is 6.04 Å². The van der Waals surface area contributed by atoms with Crippen LogP contribution in [0.3, 0.4) is 0 Å². The lowest BCUT2D eigenvalue weighted by atomic mass is 9.90. The molecule has 2 heterocycles. The van der Waals surface area contributed by atoms with Crippen molar-refractivity contribution < 1.29 is 9.59 Å². The van der Waals surface area contributed by atoms with E-state index in [0.29, 0.717) is 32.6 Å². The molecular formula is C26H31N5O2. The first-order valence-corrected chi connectivity index (χ1v) is 11.5. The topological polar surface area (TPSA) is 90.1 Å². The summed E-state index contributed by atoms with van der Waals surface area (Å²) in [4.78, 5) is 35.0. The largest absolute Gasteiger partial charge is 0.356 e. The molecule has 3 aromatic rings. The molecule has 0 radical (unpaired) electrons. The number of carbonyl (C=O) groups excluding carboxylic acids is 2. The summed E-state index contributed by atoms with van der Waals surface area (Å²) in [5, 5.41) is 5.87. The molecular weight excluding hydrogens is 414 g/mol. The summed E-state index contributed by atoms with van der Waals surface area (Å²) >= 11 is 0. The Kier molecular flexibility index (Phi) is 7.52. The van der Waals surface area contributed by atoms with Crippen molar-refractivity contribution in [3.05, 3.63) is 89.5 Å². The van der Waals surface area contributed by atoms with Gasteiger partial charge in [-0.2, -0.15) is 0 Å². The Morgan fingerprint density at radius 1 is 1.12 bits per heavy atom. The first kappa shape index (κ1) is 22.7. The lowest BCUT2D eigenvalue weighted by molar-refractivity contribution is -0.134. The number of amides is 2. The van der Waals surface area contributed by atoms with Gasteiger partial charge in [-0.15, -0.1) is 0 Å². The molecule has 0 saturated carbocycles. The van der Waals surface area contributed by atoms with Gasteiger partial charge >= 0.3 is 0 Å². The van der Waals surface area contributed by atoms with Gasteiger partial charge in [0.2, 0.25) is 11.8 Å². The van der Waals surface area contributed by atoms with Crippen LogP contribution in [0.25, 0.3) is 0 Å². The summed E-state index contributed by atoms with van der Waals surface area (Å²) in [5.41, 5.74) is 3.40. The standard InChI is InChI=1S/C26H31N5O2/c1-19-17-29-24(30-19)12-13-27-25(32)16-23-26(33)28-14-15-31(23)18-22(20-8-4-2-5-9-20)21-10-6-3-7-11-21/h2-11,17,22-23H,12-16,18H2,1H3,(H,27,32)(H,28,33)(H,29,30). The normalized spacial score (nSPS) is 16.5. The van der Waals surface area contributed by atoms with Crippen LogP contribution in [0, 0.1) is 6.92 Å². The summed E-state index contributed by atoms with van der Waals surface area (Å²) < 4.78 is 0. The van der Waals surface area contributed by atoms with E-state index in [9.17, 15) is 9.59 Å². The molecule has 7 nitrogen and oxygen atoms in total. The number of aromatic nitrogens is 2. The highest BCUT2D eigenvalue weighted by molar-refractivity contribution is 5.88. The molecule has 1 saturated heterocycles. The van der Waals surface area contributed by atoms with Gasteiger partial charge in [0, 0.05) is 50.4 Å². The van der Waals surface area contributed by atoms with Crippen LogP contribution in [0.4, 0.5) is 0 Å². The average molecular weight is 446 g/mol. The summed E-state index contributed by atoms with van der Waals surface area (Å²) in [7, 11) is 0. The molecule has 1 atom stereocenters. The van der Waals surface area contributed by atoms with Crippen LogP contribution in [-0.2, 0) is 16.0 Å². The third-order valence-corrected chi connectivity index (χ3v) is 6.08. The van der Waals surface area contributed by atoms with Crippen molar-refractivity contribution in [3.63, 3.8) is 0 Å². The third kappa shape index (κ3) is 6.08. The van der Waals surface area contributed by atoms with Crippen LogP contribution in [0.2, 0.25) is 0 Å². The monoisotopic (exact) mass is 445 g/mol. The van der Waals surface area contributed by atoms with Crippen molar-refractivity contribution in [2.75, 3.05) is 26.2 Å². The predicted octanol–water partition coefficient (Wildman–Crippen LogP) is 2.40. The Morgan fingerprint density at radius 2 is 1.79 bits per heavy atom. The van der Waals surface area contributed by atoms with Gasteiger partial charge < -0.3 is 15.6 Å². The van der Waals surface area contributed by atoms with Crippen molar-refractivity contribution in [2.24, 2.45) is 0 Å². The van der Waals surface area contributed by atoms with Gasteiger partial charge in [0.25, 0.3) is 0 Å². The van der Waals surface area contributed by atoms with Crippen molar-refractivity contribution in [3.8, 4) is 0 Å². The fourth-order valence-electron chi connectivity index (χ4n) is 4.37. The minimum absolute atomic E-state index is 0.0852. The lowest BCUT2D eigenvalue weighted by Crippen LogP contribution is -2.57. The zero-order valence-corrected chi connectivity index (χ0v) is 19.0. The third-order valence-electron chi connectivity index (χ3n) is 6.08. The van der Waals surface area contributed by atoms with E-state index in [4.69, 9.17) is 0 Å². The molecule has 33 heavy (non-hydrogen) atoms. The molecule has 172 valence electrons. The van der Waals surface area contributed by atoms with Gasteiger partial charge in [-0.1, -0.05) is 60.7 Å². The van der Waals surface area contributed by atoms with E-state index in [1.807, 2.05) is 43.3 Å². The molecule has 1 aromatic heterocycles. The highest BCUT2D eigenvalue weighted by atomic mass is 16.2. The number of carbonyl (C=O) groups is 2. The minimum Gasteiger partial charge on any atom is -0.356 e. The number of rotatable bonds is 9. The van der Waals surface area contributed by atoms with Gasteiger partial charge in [-0.25, -0.2) is 4.98 Å². The zero-order valence-electron chi connectivity index (χ0n) is 19.0. The van der Waals surface area contributed by atoms with Crippen LogP contribution < -0.4 is 10.6 Å². The van der Waals surface area contributed by atoms with E-state index in [-0.39, 0.29) is 24.2 Å². The summed E-state index contributed by atoms with van der Waals surface area (Å²) in [6.07, 6.45) is 2.54. The lowest BCUT2D eigenvalue weighted by Gasteiger charge is -2.37. The highest BCUT2D eigenvalue weighted by Gasteiger charge is 2.33. The maximum Gasteiger partial charge on any atom is 0.237 e. The molecule has 1 aliphatic rings. The second kappa shape index (κ2) is 10.9. The quantitative estimate of drug-likeness (QED) is 0.472. The molecule has 1 unspecified atom stereocenters. The van der Waals surface area contributed by atoms with Crippen molar-refractivity contribution in [1.82, 2.24) is 25.5 Å². The van der Waals surface area contributed by atoms with E-state index in [1.54, 1.807) is 6.20 Å².